The van der Waals surface area contributed by atoms with E-state index in [0.717, 1.165) is 20.2 Å². The lowest BCUT2D eigenvalue weighted by atomic mass is 9.93. The maximum absolute atomic E-state index is 12.5. The number of carboxylic acid groups (broad SMARTS) is 1. The van der Waals surface area contributed by atoms with E-state index in [1.165, 1.54) is 9.42 Å². The summed E-state index contributed by atoms with van der Waals surface area (Å²) in [5.41, 5.74) is 2.13. The highest BCUT2D eigenvalue weighted by Crippen LogP contribution is 2.28. The van der Waals surface area contributed by atoms with Crippen molar-refractivity contribution in [1.29, 1.82) is 0 Å². The van der Waals surface area contributed by atoms with Gasteiger partial charge >= 0.3 is 6.09 Å². The third-order valence-corrected chi connectivity index (χ3v) is 5.49. The number of aromatic nitrogens is 3. The molecule has 0 radical (unpaired) electrons. The maximum atomic E-state index is 12.5. The normalized spacial score (nSPS) is 16.1. The molecule has 7 nitrogen and oxygen atoms in total. The number of hydrogen-bond donors (Lipinski definition) is 2. The maximum Gasteiger partial charge on any atom is 0.407 e. The van der Waals surface area contributed by atoms with Crippen molar-refractivity contribution in [1.82, 2.24) is 19.5 Å². The van der Waals surface area contributed by atoms with Gasteiger partial charge in [-0.3, -0.25) is 9.89 Å². The van der Waals surface area contributed by atoms with Crippen LogP contribution in [0, 0.1) is 3.57 Å². The van der Waals surface area contributed by atoms with E-state index in [9.17, 15) is 9.59 Å². The molecule has 1 saturated heterocycles. The highest BCUT2D eigenvalue weighted by atomic mass is 127. The summed E-state index contributed by atoms with van der Waals surface area (Å²) in [5, 5.41) is 13.1. The van der Waals surface area contributed by atoms with Crippen LogP contribution in [-0.2, 0) is 0 Å². The molecule has 0 unspecified atom stereocenters. The van der Waals surface area contributed by atoms with E-state index in [0.29, 0.717) is 31.6 Å². The lowest BCUT2D eigenvalue weighted by molar-refractivity contribution is 0.131. The Labute approximate surface area is 150 Å². The van der Waals surface area contributed by atoms with Gasteiger partial charge in [0.15, 0.2) is 5.65 Å². The Balaban J connectivity index is 1.79. The summed E-state index contributed by atoms with van der Waals surface area (Å²) in [4.78, 5) is 29.7. The highest BCUT2D eigenvalue weighted by molar-refractivity contribution is 14.1. The number of aromatic amines is 1. The first-order valence-corrected chi connectivity index (χ1v) is 8.80. The molecule has 1 aliphatic rings. The third-order valence-electron chi connectivity index (χ3n) is 4.59. The summed E-state index contributed by atoms with van der Waals surface area (Å²) in [5.74, 6) is 0.115. The average molecular weight is 438 g/mol. The summed E-state index contributed by atoms with van der Waals surface area (Å²) < 4.78 is 2.51. The van der Waals surface area contributed by atoms with Crippen LogP contribution in [0.25, 0.3) is 16.6 Å². The standard InChI is InChI=1S/C16H15IN4O3/c17-10-2-1-3-11-14(10)15-18-12(8-13(22)21(15)19-11)9-4-6-20(7-5-9)16(23)24/h1-3,8-9,19H,4-7H2,(H,23,24). The van der Waals surface area contributed by atoms with E-state index in [-0.39, 0.29) is 11.5 Å². The summed E-state index contributed by atoms with van der Waals surface area (Å²) >= 11 is 2.24. The fraction of sp³-hybridized carbons (Fsp3) is 0.312. The number of benzene rings is 1. The number of piperidine rings is 1. The van der Waals surface area contributed by atoms with E-state index in [1.54, 1.807) is 6.07 Å². The first-order valence-electron chi connectivity index (χ1n) is 7.72. The van der Waals surface area contributed by atoms with Gasteiger partial charge in [-0.25, -0.2) is 14.3 Å². The molecule has 0 spiro atoms. The molecule has 3 heterocycles. The van der Waals surface area contributed by atoms with Gasteiger partial charge in [-0.05, 0) is 47.6 Å². The fourth-order valence-electron chi connectivity index (χ4n) is 3.32. The highest BCUT2D eigenvalue weighted by Gasteiger charge is 2.25. The van der Waals surface area contributed by atoms with Crippen molar-refractivity contribution >= 4 is 45.2 Å². The number of amides is 1. The Bertz CT molecular complexity index is 1000. The van der Waals surface area contributed by atoms with Crippen LogP contribution in [0.1, 0.15) is 24.5 Å². The fourth-order valence-corrected chi connectivity index (χ4v) is 4.06. The zero-order valence-corrected chi connectivity index (χ0v) is 14.9. The van der Waals surface area contributed by atoms with Crippen LogP contribution in [0.15, 0.2) is 29.1 Å². The molecular formula is C16H15IN4O3. The van der Waals surface area contributed by atoms with Crippen LogP contribution in [0.2, 0.25) is 0 Å². The number of hydrogen-bond acceptors (Lipinski definition) is 3. The SMILES string of the molecule is O=C(O)N1CCC(c2cc(=O)n3[nH]c4cccc(I)c4c3n2)CC1. The Morgan fingerprint density at radius 3 is 2.79 bits per heavy atom. The lowest BCUT2D eigenvalue weighted by Crippen LogP contribution is -2.37. The monoisotopic (exact) mass is 438 g/mol. The second kappa shape index (κ2) is 5.76. The Morgan fingerprint density at radius 2 is 2.08 bits per heavy atom. The van der Waals surface area contributed by atoms with Gasteiger partial charge in [0.05, 0.1) is 16.6 Å². The third kappa shape index (κ3) is 2.45. The predicted molar refractivity (Wildman–Crippen MR) is 97.6 cm³/mol. The number of nitrogens with one attached hydrogen (secondary N) is 1. The molecule has 0 saturated carbocycles. The van der Waals surface area contributed by atoms with Crippen LogP contribution >= 0.6 is 22.6 Å². The molecule has 0 atom stereocenters. The van der Waals surface area contributed by atoms with Gasteiger partial charge in [0.25, 0.3) is 5.56 Å². The Hall–Kier alpha value is -2.10. The molecule has 0 aliphatic carbocycles. The van der Waals surface area contributed by atoms with Crippen LogP contribution < -0.4 is 5.56 Å². The molecule has 4 rings (SSSR count). The molecule has 0 bridgehead atoms. The van der Waals surface area contributed by atoms with Gasteiger partial charge in [-0.1, -0.05) is 6.07 Å². The molecule has 124 valence electrons. The van der Waals surface area contributed by atoms with Crippen molar-refractivity contribution in [2.75, 3.05) is 13.1 Å². The van der Waals surface area contributed by atoms with E-state index < -0.39 is 6.09 Å². The smallest absolute Gasteiger partial charge is 0.407 e. The Morgan fingerprint density at radius 1 is 1.33 bits per heavy atom. The minimum absolute atomic E-state index is 0.115. The van der Waals surface area contributed by atoms with Crippen molar-refractivity contribution < 1.29 is 9.90 Å². The van der Waals surface area contributed by atoms with Gasteiger partial charge in [0.1, 0.15) is 0 Å². The first kappa shape index (κ1) is 15.4. The molecule has 8 heteroatoms. The second-order valence-corrected chi connectivity index (χ2v) is 7.16. The quantitative estimate of drug-likeness (QED) is 0.572. The number of nitrogens with zero attached hydrogens (tertiary/aromatic N) is 3. The minimum Gasteiger partial charge on any atom is -0.465 e. The first-order chi connectivity index (χ1) is 11.5. The molecule has 24 heavy (non-hydrogen) atoms. The number of fused-ring (bicyclic) bond motifs is 3. The van der Waals surface area contributed by atoms with Crippen molar-refractivity contribution in [2.24, 2.45) is 0 Å². The predicted octanol–water partition coefficient (Wildman–Crippen LogP) is 2.64. The largest absolute Gasteiger partial charge is 0.465 e. The lowest BCUT2D eigenvalue weighted by Gasteiger charge is -2.29. The summed E-state index contributed by atoms with van der Waals surface area (Å²) in [6.07, 6.45) is 0.492. The zero-order chi connectivity index (χ0) is 16.8. The molecule has 1 fully saturated rings. The average Bonchev–Trinajstić information content (AvgIpc) is 2.95. The molecule has 2 N–H and O–H groups in total. The van der Waals surface area contributed by atoms with Gasteiger partial charge in [-0.2, -0.15) is 0 Å². The molecule has 3 aromatic rings. The summed E-state index contributed by atoms with van der Waals surface area (Å²) in [6, 6.07) is 7.42. The second-order valence-electron chi connectivity index (χ2n) is 6.00. The molecule has 1 amide bonds. The minimum atomic E-state index is -0.886. The van der Waals surface area contributed by atoms with Crippen LogP contribution in [0.3, 0.4) is 0 Å². The van der Waals surface area contributed by atoms with Crippen LogP contribution in [-0.4, -0.2) is 43.8 Å². The number of halogens is 1. The number of rotatable bonds is 1. The molecular weight excluding hydrogens is 423 g/mol. The number of carbonyl (C=O) groups is 1. The van der Waals surface area contributed by atoms with Crippen LogP contribution in [0.5, 0.6) is 0 Å². The summed E-state index contributed by atoms with van der Waals surface area (Å²) in [7, 11) is 0. The Kier molecular flexibility index (Phi) is 3.70. The molecule has 1 aromatic carbocycles. The van der Waals surface area contributed by atoms with Crippen LogP contribution in [0.4, 0.5) is 4.79 Å². The van der Waals surface area contributed by atoms with Crippen molar-refractivity contribution in [2.45, 2.75) is 18.8 Å². The van der Waals surface area contributed by atoms with E-state index in [1.807, 2.05) is 18.2 Å². The number of H-pyrrole nitrogens is 1. The zero-order valence-electron chi connectivity index (χ0n) is 12.7. The summed E-state index contributed by atoms with van der Waals surface area (Å²) in [6.45, 7) is 0.957. The molecule has 1 aliphatic heterocycles. The van der Waals surface area contributed by atoms with E-state index >= 15 is 0 Å². The topological polar surface area (TPSA) is 90.7 Å². The van der Waals surface area contributed by atoms with Crippen molar-refractivity contribution in [3.63, 3.8) is 0 Å². The van der Waals surface area contributed by atoms with Crippen molar-refractivity contribution in [3.8, 4) is 0 Å². The van der Waals surface area contributed by atoms with Gasteiger partial charge in [0, 0.05) is 28.6 Å². The molecule has 2 aromatic heterocycles. The van der Waals surface area contributed by atoms with Crippen molar-refractivity contribution in [3.05, 3.63) is 43.9 Å². The van der Waals surface area contributed by atoms with Gasteiger partial charge in [0.2, 0.25) is 0 Å². The number of likely N-dealkylation sites (tertiary alicyclic amines) is 1. The van der Waals surface area contributed by atoms with Gasteiger partial charge < -0.3 is 10.0 Å². The van der Waals surface area contributed by atoms with E-state index in [4.69, 9.17) is 10.1 Å². The van der Waals surface area contributed by atoms with Gasteiger partial charge in [-0.15, -0.1) is 0 Å². The van der Waals surface area contributed by atoms with E-state index in [2.05, 4.69) is 27.7 Å².